The molecular formula is C27H33ClN6. The molecule has 178 valence electrons. The van der Waals surface area contributed by atoms with Crippen LogP contribution < -0.4 is 17.3 Å². The molecule has 7 heteroatoms. The fraction of sp³-hybridized carbons (Fsp3) is 0.222. The maximum atomic E-state index is 6.29. The molecule has 0 saturated heterocycles. The molecule has 2 aromatic rings. The zero-order chi connectivity index (χ0) is 24.9. The van der Waals surface area contributed by atoms with Crippen molar-refractivity contribution < 1.29 is 0 Å². The lowest BCUT2D eigenvalue weighted by molar-refractivity contribution is 0.805. The van der Waals surface area contributed by atoms with E-state index in [1.165, 1.54) is 0 Å². The van der Waals surface area contributed by atoms with Crippen LogP contribution in [0.15, 0.2) is 94.0 Å². The largest absolute Gasteiger partial charge is 0.383 e. The topological polar surface area (TPSA) is 115 Å². The molecule has 2 aromatic carbocycles. The van der Waals surface area contributed by atoms with Gasteiger partial charge < -0.3 is 17.3 Å². The van der Waals surface area contributed by atoms with Crippen LogP contribution in [0, 0.1) is 0 Å². The summed E-state index contributed by atoms with van der Waals surface area (Å²) in [6, 6.07) is 15.1. The first kappa shape index (κ1) is 26.6. The summed E-state index contributed by atoms with van der Waals surface area (Å²) in [5.74, 6) is 6.63. The van der Waals surface area contributed by atoms with Crippen molar-refractivity contribution in [2.75, 3.05) is 6.54 Å². The van der Waals surface area contributed by atoms with Crippen LogP contribution in [0.4, 0.5) is 0 Å². The highest BCUT2D eigenvalue weighted by Crippen LogP contribution is 2.20. The van der Waals surface area contributed by atoms with Crippen molar-refractivity contribution in [2.45, 2.75) is 33.1 Å². The van der Waals surface area contributed by atoms with E-state index in [-0.39, 0.29) is 5.84 Å². The summed E-state index contributed by atoms with van der Waals surface area (Å²) < 4.78 is 0. The molecule has 0 atom stereocenters. The molecule has 0 fully saturated rings. The predicted molar refractivity (Wildman–Crippen MR) is 147 cm³/mol. The minimum Gasteiger partial charge on any atom is -0.383 e. The Hall–Kier alpha value is -3.64. The number of hydrogen-bond donors (Lipinski definition) is 3. The summed E-state index contributed by atoms with van der Waals surface area (Å²) >= 11 is 6.29. The Morgan fingerprint density at radius 3 is 2.24 bits per heavy atom. The molecule has 0 amide bonds. The number of aliphatic imine (C=N–C) groups is 2. The molecular weight excluding hydrogens is 444 g/mol. The van der Waals surface area contributed by atoms with Gasteiger partial charge in [-0.3, -0.25) is 4.99 Å². The third kappa shape index (κ3) is 7.74. The van der Waals surface area contributed by atoms with Crippen molar-refractivity contribution in [2.24, 2.45) is 32.4 Å². The maximum Gasteiger partial charge on any atom is 0.150 e. The third-order valence-electron chi connectivity index (χ3n) is 5.14. The second kappa shape index (κ2) is 13.8. The molecule has 6 nitrogen and oxygen atoms in total. The van der Waals surface area contributed by atoms with Gasteiger partial charge in [-0.1, -0.05) is 86.2 Å². The second-order valence-corrected chi connectivity index (χ2v) is 8.07. The van der Waals surface area contributed by atoms with Crippen molar-refractivity contribution in [3.8, 4) is 0 Å². The first-order chi connectivity index (χ1) is 16.4. The summed E-state index contributed by atoms with van der Waals surface area (Å²) in [4.78, 5) is 9.29. The normalized spacial score (nSPS) is 13.8. The second-order valence-electron chi connectivity index (χ2n) is 7.66. The van der Waals surface area contributed by atoms with E-state index in [1.807, 2.05) is 61.5 Å². The van der Waals surface area contributed by atoms with Gasteiger partial charge in [0, 0.05) is 24.1 Å². The fourth-order valence-electron chi connectivity index (χ4n) is 3.19. The van der Waals surface area contributed by atoms with Crippen LogP contribution in [0.25, 0.3) is 5.57 Å². The zero-order valence-electron chi connectivity index (χ0n) is 19.8. The van der Waals surface area contributed by atoms with Crippen LogP contribution in [0.2, 0.25) is 5.02 Å². The molecule has 0 aliphatic carbocycles. The molecule has 0 aliphatic heterocycles. The Morgan fingerprint density at radius 2 is 1.62 bits per heavy atom. The highest BCUT2D eigenvalue weighted by molar-refractivity contribution is 6.34. The first-order valence-corrected chi connectivity index (χ1v) is 11.5. The highest BCUT2D eigenvalue weighted by Gasteiger charge is 2.09. The van der Waals surface area contributed by atoms with E-state index in [0.29, 0.717) is 35.2 Å². The smallest absolute Gasteiger partial charge is 0.150 e. The van der Waals surface area contributed by atoms with Crippen LogP contribution in [-0.2, 0) is 0 Å². The number of amidine groups is 3. The molecule has 0 heterocycles. The van der Waals surface area contributed by atoms with Gasteiger partial charge in [0.15, 0.2) is 5.84 Å². The fourth-order valence-corrected chi connectivity index (χ4v) is 3.42. The van der Waals surface area contributed by atoms with Gasteiger partial charge in [0.2, 0.25) is 0 Å². The van der Waals surface area contributed by atoms with Gasteiger partial charge in [-0.25, -0.2) is 4.99 Å². The monoisotopic (exact) mass is 476 g/mol. The van der Waals surface area contributed by atoms with Gasteiger partial charge in [-0.05, 0) is 42.2 Å². The van der Waals surface area contributed by atoms with Crippen molar-refractivity contribution in [1.82, 2.24) is 0 Å². The summed E-state index contributed by atoms with van der Waals surface area (Å²) in [6.45, 7) is 8.77. The lowest BCUT2D eigenvalue weighted by atomic mass is 9.99. The number of allylic oxidation sites excluding steroid dienone is 4. The minimum absolute atomic E-state index is 0.283. The Kier molecular flexibility index (Phi) is 10.8. The molecule has 0 saturated carbocycles. The lowest BCUT2D eigenvalue weighted by Gasteiger charge is -2.09. The van der Waals surface area contributed by atoms with E-state index in [9.17, 15) is 0 Å². The first-order valence-electron chi connectivity index (χ1n) is 11.2. The standard InChI is InChI=1S/C27H33ClN6/c1-4-6-17-32-25(33-26(29)23-13-9-10-14-24(23)28)18-20(5-2)16-15-19(3)21-11-7-8-12-22(21)27(30)34-31/h5,7-16H,2,4,6,17-18,31H2,1,3H3,(H2,30,34)(H2,29,32,33)/b19-15+,20-16+. The quantitative estimate of drug-likeness (QED) is 0.106. The molecule has 0 spiro atoms. The molecule has 2 rings (SSSR count). The van der Waals surface area contributed by atoms with Crippen LogP contribution in [0.1, 0.15) is 49.8 Å². The van der Waals surface area contributed by atoms with Gasteiger partial charge in [0.05, 0.1) is 5.02 Å². The van der Waals surface area contributed by atoms with Gasteiger partial charge in [-0.15, -0.1) is 0 Å². The molecule has 0 aromatic heterocycles. The molecule has 6 N–H and O–H groups in total. The van der Waals surface area contributed by atoms with Crippen molar-refractivity contribution in [3.05, 3.63) is 101 Å². The number of benzene rings is 2. The number of halogens is 1. The van der Waals surface area contributed by atoms with E-state index in [4.69, 9.17) is 28.9 Å². The van der Waals surface area contributed by atoms with Crippen molar-refractivity contribution in [3.63, 3.8) is 0 Å². The van der Waals surface area contributed by atoms with E-state index in [1.54, 1.807) is 12.1 Å². The average Bonchev–Trinajstić information content (AvgIpc) is 2.85. The lowest BCUT2D eigenvalue weighted by Crippen LogP contribution is -2.17. The maximum absolute atomic E-state index is 6.29. The Morgan fingerprint density at radius 1 is 0.971 bits per heavy atom. The molecule has 0 aliphatic rings. The van der Waals surface area contributed by atoms with Crippen LogP contribution in [-0.4, -0.2) is 24.1 Å². The number of nitrogens with zero attached hydrogens (tertiary/aromatic N) is 3. The van der Waals surface area contributed by atoms with E-state index in [0.717, 1.165) is 35.1 Å². The highest BCUT2D eigenvalue weighted by atomic mass is 35.5. The van der Waals surface area contributed by atoms with E-state index < -0.39 is 0 Å². The average molecular weight is 477 g/mol. The number of hydrazone groups is 1. The summed E-state index contributed by atoms with van der Waals surface area (Å²) in [7, 11) is 0. The molecule has 0 bridgehead atoms. The number of hydrogen-bond acceptors (Lipinski definition) is 3. The Balaban J connectivity index is 2.36. The summed E-state index contributed by atoms with van der Waals surface area (Å²) in [5, 5.41) is 4.18. The van der Waals surface area contributed by atoms with Gasteiger partial charge in [-0.2, -0.15) is 5.10 Å². The summed E-state index contributed by atoms with van der Waals surface area (Å²) in [6.07, 6.45) is 8.29. The van der Waals surface area contributed by atoms with Gasteiger partial charge >= 0.3 is 0 Å². The Labute approximate surface area is 207 Å². The van der Waals surface area contributed by atoms with Crippen molar-refractivity contribution in [1.29, 1.82) is 0 Å². The minimum atomic E-state index is 0.283. The summed E-state index contributed by atoms with van der Waals surface area (Å²) in [5.41, 5.74) is 16.6. The zero-order valence-corrected chi connectivity index (χ0v) is 20.6. The Bertz CT molecular complexity index is 1140. The van der Waals surface area contributed by atoms with Crippen LogP contribution in [0.3, 0.4) is 0 Å². The van der Waals surface area contributed by atoms with Gasteiger partial charge in [0.1, 0.15) is 11.7 Å². The molecule has 34 heavy (non-hydrogen) atoms. The molecule has 0 radical (unpaired) electrons. The van der Waals surface area contributed by atoms with E-state index >= 15 is 0 Å². The number of nitrogens with two attached hydrogens (primary N) is 3. The number of unbranched alkanes of at least 4 members (excludes halogenated alkanes) is 1. The van der Waals surface area contributed by atoms with E-state index in [2.05, 4.69) is 28.6 Å². The number of rotatable bonds is 10. The van der Waals surface area contributed by atoms with Crippen LogP contribution >= 0.6 is 11.6 Å². The predicted octanol–water partition coefficient (Wildman–Crippen LogP) is 5.43. The molecule has 0 unspecified atom stereocenters. The van der Waals surface area contributed by atoms with Crippen molar-refractivity contribution >= 4 is 34.7 Å². The third-order valence-corrected chi connectivity index (χ3v) is 5.47. The van der Waals surface area contributed by atoms with Crippen LogP contribution in [0.5, 0.6) is 0 Å². The SMILES string of the molecule is C=C/C(=C\C=C(/C)c1ccccc1/C(N)=N/N)CC(=NCCCC)N=C(N)c1ccccc1Cl. The van der Waals surface area contributed by atoms with Gasteiger partial charge in [0.25, 0.3) is 0 Å².